The molecule has 0 aliphatic heterocycles. The number of rotatable bonds is 5. The monoisotopic (exact) mass is 302 g/mol. The molecular formula is C9H13F3O6Si. The average Bonchev–Trinajstić information content (AvgIpc) is 2.13. The standard InChI is InChI=1S/C9H13F3O6Si/c1-4-5-19(16-6(2)13,17-7(3)14)18-8(15)9(10,11)12/h4-5H2,1-3H3. The Bertz CT molecular complexity index is 351. The Kier molecular flexibility index (Phi) is 6.00. The van der Waals surface area contributed by atoms with Crippen molar-refractivity contribution in [2.24, 2.45) is 0 Å². The molecule has 10 heteroatoms. The third kappa shape index (κ3) is 6.22. The molecule has 0 fully saturated rings. The van der Waals surface area contributed by atoms with E-state index in [0.717, 1.165) is 13.8 Å². The molecule has 6 nitrogen and oxygen atoms in total. The number of alkyl halides is 3. The van der Waals surface area contributed by atoms with Gasteiger partial charge in [-0.3, -0.25) is 9.59 Å². The van der Waals surface area contributed by atoms with Crippen molar-refractivity contribution in [3.8, 4) is 0 Å². The van der Waals surface area contributed by atoms with Gasteiger partial charge in [-0.25, -0.2) is 4.79 Å². The number of carbonyl (C=O) groups excluding carboxylic acids is 3. The molecule has 0 aliphatic carbocycles. The lowest BCUT2D eigenvalue weighted by Crippen LogP contribution is -2.51. The second-order valence-electron chi connectivity index (χ2n) is 3.51. The van der Waals surface area contributed by atoms with Crippen molar-refractivity contribution < 1.29 is 40.8 Å². The van der Waals surface area contributed by atoms with E-state index >= 15 is 0 Å². The summed E-state index contributed by atoms with van der Waals surface area (Å²) in [5.74, 6) is -4.57. The molecular weight excluding hydrogens is 289 g/mol. The van der Waals surface area contributed by atoms with E-state index in [1.807, 2.05) is 0 Å². The first-order valence-corrected chi connectivity index (χ1v) is 7.15. The quantitative estimate of drug-likeness (QED) is 0.717. The van der Waals surface area contributed by atoms with Crippen LogP contribution >= 0.6 is 0 Å². The highest BCUT2D eigenvalue weighted by atomic mass is 28.4. The largest absolute Gasteiger partial charge is 0.705 e. The normalized spacial score (nSPS) is 11.7. The van der Waals surface area contributed by atoms with E-state index < -0.39 is 32.9 Å². The smallest absolute Gasteiger partial charge is 0.455 e. The zero-order valence-corrected chi connectivity index (χ0v) is 11.5. The summed E-state index contributed by atoms with van der Waals surface area (Å²) in [7, 11) is -4.36. The Hall–Kier alpha value is -1.58. The lowest BCUT2D eigenvalue weighted by Gasteiger charge is -2.26. The Morgan fingerprint density at radius 1 is 1.00 bits per heavy atom. The van der Waals surface area contributed by atoms with Crippen molar-refractivity contribution in [1.29, 1.82) is 0 Å². The van der Waals surface area contributed by atoms with Gasteiger partial charge in [-0.1, -0.05) is 6.92 Å². The Balaban J connectivity index is 5.25. The van der Waals surface area contributed by atoms with Crippen molar-refractivity contribution >= 4 is 26.7 Å². The van der Waals surface area contributed by atoms with Gasteiger partial charge in [-0.2, -0.15) is 13.2 Å². The van der Waals surface area contributed by atoms with Gasteiger partial charge in [0.25, 0.3) is 11.9 Å². The molecule has 110 valence electrons. The molecule has 0 saturated heterocycles. The Morgan fingerprint density at radius 3 is 1.68 bits per heavy atom. The minimum Gasteiger partial charge on any atom is -0.455 e. The fraction of sp³-hybridized carbons (Fsp3) is 0.667. The second kappa shape index (κ2) is 6.54. The van der Waals surface area contributed by atoms with Gasteiger partial charge in [-0.15, -0.1) is 0 Å². The SMILES string of the molecule is CCC[Si](OC(C)=O)(OC(C)=O)OC(=O)C(F)(F)F. The van der Waals surface area contributed by atoms with Crippen LogP contribution in [0.4, 0.5) is 13.2 Å². The molecule has 0 aliphatic rings. The molecule has 0 bridgehead atoms. The molecule has 0 aromatic rings. The zero-order valence-electron chi connectivity index (χ0n) is 10.5. The summed E-state index contributed by atoms with van der Waals surface area (Å²) in [5.41, 5.74) is 0. The molecule has 0 heterocycles. The van der Waals surface area contributed by atoms with Crippen LogP contribution in [0.5, 0.6) is 0 Å². The maximum Gasteiger partial charge on any atom is 0.705 e. The second-order valence-corrected chi connectivity index (χ2v) is 5.99. The third-order valence-electron chi connectivity index (χ3n) is 1.63. The Morgan fingerprint density at radius 2 is 1.42 bits per heavy atom. The summed E-state index contributed by atoms with van der Waals surface area (Å²) in [5, 5.41) is 0. The molecule has 0 aromatic carbocycles. The average molecular weight is 302 g/mol. The van der Waals surface area contributed by atoms with E-state index in [2.05, 4.69) is 13.3 Å². The first-order chi connectivity index (χ1) is 8.52. The van der Waals surface area contributed by atoms with Gasteiger partial charge >= 0.3 is 21.0 Å². The predicted molar refractivity (Wildman–Crippen MR) is 56.5 cm³/mol. The van der Waals surface area contributed by atoms with E-state index in [4.69, 9.17) is 0 Å². The first kappa shape index (κ1) is 17.4. The highest BCUT2D eigenvalue weighted by Crippen LogP contribution is 2.24. The fourth-order valence-electron chi connectivity index (χ4n) is 1.16. The van der Waals surface area contributed by atoms with Crippen LogP contribution in [0, 0.1) is 0 Å². The molecule has 0 spiro atoms. The van der Waals surface area contributed by atoms with E-state index in [0.29, 0.717) is 0 Å². The highest BCUT2D eigenvalue weighted by Gasteiger charge is 2.56. The molecule has 19 heavy (non-hydrogen) atoms. The zero-order chi connectivity index (χ0) is 15.3. The van der Waals surface area contributed by atoms with Crippen molar-refractivity contribution in [3.63, 3.8) is 0 Å². The summed E-state index contributed by atoms with van der Waals surface area (Å²) in [4.78, 5) is 32.6. The van der Waals surface area contributed by atoms with Crippen molar-refractivity contribution in [2.75, 3.05) is 0 Å². The van der Waals surface area contributed by atoms with Gasteiger partial charge in [0.2, 0.25) is 0 Å². The maximum absolute atomic E-state index is 12.2. The topological polar surface area (TPSA) is 78.9 Å². The van der Waals surface area contributed by atoms with Crippen LogP contribution in [0.2, 0.25) is 6.04 Å². The maximum atomic E-state index is 12.2. The van der Waals surface area contributed by atoms with Gasteiger partial charge < -0.3 is 13.3 Å². The molecule has 0 rings (SSSR count). The van der Waals surface area contributed by atoms with E-state index in [1.54, 1.807) is 0 Å². The van der Waals surface area contributed by atoms with Crippen molar-refractivity contribution in [3.05, 3.63) is 0 Å². The van der Waals surface area contributed by atoms with Crippen LogP contribution in [-0.2, 0) is 27.7 Å². The van der Waals surface area contributed by atoms with Crippen LogP contribution in [-0.4, -0.2) is 32.9 Å². The fourth-order valence-corrected chi connectivity index (χ4v) is 3.48. The van der Waals surface area contributed by atoms with Gasteiger partial charge in [0.1, 0.15) is 0 Å². The van der Waals surface area contributed by atoms with Crippen molar-refractivity contribution in [1.82, 2.24) is 0 Å². The van der Waals surface area contributed by atoms with Crippen LogP contribution in [0.1, 0.15) is 27.2 Å². The predicted octanol–water partition coefficient (Wildman–Crippen LogP) is 1.57. The molecule has 0 atom stereocenters. The van der Waals surface area contributed by atoms with Gasteiger partial charge in [0, 0.05) is 13.8 Å². The highest BCUT2D eigenvalue weighted by molar-refractivity contribution is 6.65. The van der Waals surface area contributed by atoms with Crippen LogP contribution in [0.15, 0.2) is 0 Å². The minimum atomic E-state index is -5.27. The van der Waals surface area contributed by atoms with Gasteiger partial charge in [0.05, 0.1) is 6.04 Å². The number of hydrogen-bond acceptors (Lipinski definition) is 6. The van der Waals surface area contributed by atoms with Crippen LogP contribution in [0.25, 0.3) is 0 Å². The third-order valence-corrected chi connectivity index (χ3v) is 4.44. The number of carbonyl (C=O) groups is 3. The van der Waals surface area contributed by atoms with Crippen LogP contribution in [0.3, 0.4) is 0 Å². The lowest BCUT2D eigenvalue weighted by molar-refractivity contribution is -0.195. The summed E-state index contributed by atoms with van der Waals surface area (Å²) in [6.45, 7) is 3.35. The first-order valence-electron chi connectivity index (χ1n) is 5.21. The molecule has 0 saturated carbocycles. The summed E-state index contributed by atoms with van der Waals surface area (Å²) in [6.07, 6.45) is -5.08. The van der Waals surface area contributed by atoms with Crippen LogP contribution < -0.4 is 0 Å². The van der Waals surface area contributed by atoms with Gasteiger partial charge in [0.15, 0.2) is 0 Å². The Labute approximate surface area is 108 Å². The van der Waals surface area contributed by atoms with Gasteiger partial charge in [-0.05, 0) is 6.42 Å². The molecule has 0 radical (unpaired) electrons. The number of hydrogen-bond donors (Lipinski definition) is 0. The van der Waals surface area contributed by atoms with E-state index in [9.17, 15) is 27.6 Å². The summed E-state index contributed by atoms with van der Waals surface area (Å²) >= 11 is 0. The summed E-state index contributed by atoms with van der Waals surface area (Å²) in [6, 6.07) is -0.284. The van der Waals surface area contributed by atoms with E-state index in [-0.39, 0.29) is 12.5 Å². The molecule has 0 amide bonds. The van der Waals surface area contributed by atoms with Crippen molar-refractivity contribution in [2.45, 2.75) is 39.4 Å². The summed E-state index contributed by atoms with van der Waals surface area (Å²) < 4.78 is 49.8. The lowest BCUT2D eigenvalue weighted by atomic mass is 10.6. The minimum absolute atomic E-state index is 0.192. The van der Waals surface area contributed by atoms with E-state index in [1.165, 1.54) is 6.92 Å². The molecule has 0 unspecified atom stereocenters. The number of halogens is 3. The molecule has 0 N–H and O–H groups in total. The molecule has 0 aromatic heterocycles.